The molecular formula is C55H34O2S2. The number of thiophene rings is 2. The summed E-state index contributed by atoms with van der Waals surface area (Å²) >= 11 is 3.75. The summed E-state index contributed by atoms with van der Waals surface area (Å²) in [7, 11) is 0. The highest BCUT2D eigenvalue weighted by Gasteiger charge is 2.16. The Morgan fingerprint density at radius 2 is 0.864 bits per heavy atom. The maximum Gasteiger partial charge on any atom is 0.135 e. The van der Waals surface area contributed by atoms with Gasteiger partial charge in [-0.1, -0.05) is 97.6 Å². The lowest BCUT2D eigenvalue weighted by Crippen LogP contribution is -1.81. The van der Waals surface area contributed by atoms with Crippen LogP contribution in [0.1, 0.15) is 12.5 Å². The Kier molecular flexibility index (Phi) is 7.68. The second-order valence-corrected chi connectivity index (χ2v) is 17.4. The smallest absolute Gasteiger partial charge is 0.135 e. The van der Waals surface area contributed by atoms with Gasteiger partial charge in [0.15, 0.2) is 0 Å². The first-order valence-corrected chi connectivity index (χ1v) is 21.5. The molecule has 59 heavy (non-hydrogen) atoms. The van der Waals surface area contributed by atoms with Crippen LogP contribution in [-0.4, -0.2) is 0 Å². The summed E-state index contributed by atoms with van der Waals surface area (Å²) in [6.07, 6.45) is 8.08. The molecule has 0 amide bonds. The van der Waals surface area contributed by atoms with E-state index in [9.17, 15) is 0 Å². The highest BCUT2D eigenvalue weighted by molar-refractivity contribution is 7.28. The Balaban J connectivity index is 0.951. The van der Waals surface area contributed by atoms with Crippen LogP contribution in [-0.2, 0) is 0 Å². The molecule has 4 heteroatoms. The lowest BCUT2D eigenvalue weighted by Gasteiger charge is -2.04. The van der Waals surface area contributed by atoms with E-state index in [1.807, 2.05) is 47.8 Å². The molecule has 278 valence electrons. The molecule has 12 rings (SSSR count). The van der Waals surface area contributed by atoms with Gasteiger partial charge in [-0.05, 0) is 136 Å². The lowest BCUT2D eigenvalue weighted by molar-refractivity contribution is 0.668. The summed E-state index contributed by atoms with van der Waals surface area (Å²) < 4.78 is 17.8. The van der Waals surface area contributed by atoms with E-state index in [1.54, 1.807) is 0 Å². The van der Waals surface area contributed by atoms with Gasteiger partial charge in [-0.2, -0.15) is 0 Å². The number of hydrogen-bond acceptors (Lipinski definition) is 4. The van der Waals surface area contributed by atoms with E-state index in [0.29, 0.717) is 0 Å². The second kappa shape index (κ2) is 13.3. The number of furan rings is 2. The number of fused-ring (bicyclic) bond motifs is 12. The van der Waals surface area contributed by atoms with Gasteiger partial charge in [-0.3, -0.25) is 0 Å². The first-order chi connectivity index (χ1) is 29.1. The van der Waals surface area contributed by atoms with E-state index in [-0.39, 0.29) is 0 Å². The molecule has 0 N–H and O–H groups in total. The largest absolute Gasteiger partial charge is 0.456 e. The van der Waals surface area contributed by atoms with Crippen LogP contribution in [0.3, 0.4) is 0 Å². The molecule has 12 aromatic rings. The van der Waals surface area contributed by atoms with E-state index in [0.717, 1.165) is 55.0 Å². The van der Waals surface area contributed by atoms with Crippen molar-refractivity contribution in [3.05, 3.63) is 188 Å². The standard InChI is InChI=1S/C55H34O2S2/c1-3-5-9-32(4-2)34-12-18-48-40(24-34)42-26-36(14-20-50(42)56-48)38-16-22-52-44(28-38)46-30-47-45-29-39(17-23-53(45)59-55(47)31-54(46)58-52)37-15-21-51-43(27-37)41-25-35(13-19-49(41)57-51)33-10-7-6-8-11-33/h3-31H,2H2,1H3/b5-3-,32-9+. The van der Waals surface area contributed by atoms with Gasteiger partial charge in [0.1, 0.15) is 22.3 Å². The molecule has 4 heterocycles. The molecule has 0 spiro atoms. The molecular weight excluding hydrogens is 757 g/mol. The minimum absolute atomic E-state index is 0.887. The third kappa shape index (κ3) is 5.52. The zero-order chi connectivity index (χ0) is 39.2. The Morgan fingerprint density at radius 3 is 1.37 bits per heavy atom. The molecule has 2 nitrogen and oxygen atoms in total. The molecule has 4 aromatic heterocycles. The molecule has 0 bridgehead atoms. The van der Waals surface area contributed by atoms with Crippen LogP contribution in [0, 0.1) is 0 Å². The maximum absolute atomic E-state index is 6.31. The van der Waals surface area contributed by atoms with Gasteiger partial charge in [-0.15, -0.1) is 22.7 Å². The summed E-state index contributed by atoms with van der Waals surface area (Å²) in [5.74, 6) is 0. The number of allylic oxidation sites excluding steroid dienone is 5. The summed E-state index contributed by atoms with van der Waals surface area (Å²) in [6, 6.07) is 55.3. The summed E-state index contributed by atoms with van der Waals surface area (Å²) in [6.45, 7) is 6.08. The van der Waals surface area contributed by atoms with Crippen LogP contribution >= 0.6 is 22.7 Å². The minimum Gasteiger partial charge on any atom is -0.456 e. The van der Waals surface area contributed by atoms with Crippen molar-refractivity contribution in [2.75, 3.05) is 0 Å². The highest BCUT2D eigenvalue weighted by Crippen LogP contribution is 2.45. The van der Waals surface area contributed by atoms with Crippen molar-refractivity contribution in [1.82, 2.24) is 0 Å². The fourth-order valence-electron chi connectivity index (χ4n) is 8.79. The molecule has 0 aliphatic heterocycles. The first kappa shape index (κ1) is 34.1. The van der Waals surface area contributed by atoms with Crippen LogP contribution in [0.15, 0.2) is 191 Å². The molecule has 0 aliphatic carbocycles. The molecule has 0 aliphatic rings. The van der Waals surface area contributed by atoms with Crippen LogP contribution in [0.25, 0.3) is 123 Å². The zero-order valence-electron chi connectivity index (χ0n) is 32.1. The number of rotatable bonds is 6. The molecule has 0 saturated heterocycles. The number of benzene rings is 8. The summed E-state index contributed by atoms with van der Waals surface area (Å²) in [4.78, 5) is 0. The van der Waals surface area contributed by atoms with Gasteiger partial charge < -0.3 is 8.83 Å². The average Bonchev–Trinajstić information content (AvgIpc) is 4.04. The van der Waals surface area contributed by atoms with E-state index in [1.165, 1.54) is 73.7 Å². The van der Waals surface area contributed by atoms with E-state index < -0.39 is 0 Å². The predicted molar refractivity (Wildman–Crippen MR) is 256 cm³/mol. The van der Waals surface area contributed by atoms with Gasteiger partial charge in [0.2, 0.25) is 0 Å². The Bertz CT molecular complexity index is 3750. The van der Waals surface area contributed by atoms with E-state index in [4.69, 9.17) is 8.83 Å². The SMILES string of the molecule is C=C/C(=C\C=C/C)c1ccc2oc3ccc(-c4ccc5sc6cc7sc8ccc(-c9ccc%10oc%11ccc(-c%12ccccc%12)cc%11c%10c9)cc8c7cc6c5c4)cc3c2c1. The minimum atomic E-state index is 0.887. The second-order valence-electron chi connectivity index (χ2n) is 15.2. The van der Waals surface area contributed by atoms with Crippen molar-refractivity contribution in [3.63, 3.8) is 0 Å². The topological polar surface area (TPSA) is 26.3 Å². The predicted octanol–water partition coefficient (Wildman–Crippen LogP) is 17.4. The van der Waals surface area contributed by atoms with E-state index in [2.05, 4.69) is 164 Å². The molecule has 0 fully saturated rings. The van der Waals surface area contributed by atoms with Crippen molar-refractivity contribution >= 4 is 112 Å². The molecule has 0 radical (unpaired) electrons. The third-order valence-electron chi connectivity index (χ3n) is 11.8. The Labute approximate surface area is 347 Å². The molecule has 0 saturated carbocycles. The van der Waals surface area contributed by atoms with Crippen molar-refractivity contribution in [2.45, 2.75) is 6.92 Å². The Morgan fingerprint density at radius 1 is 0.424 bits per heavy atom. The van der Waals surface area contributed by atoms with Crippen LogP contribution in [0.4, 0.5) is 0 Å². The zero-order valence-corrected chi connectivity index (χ0v) is 33.7. The van der Waals surface area contributed by atoms with Crippen molar-refractivity contribution in [3.8, 4) is 33.4 Å². The lowest BCUT2D eigenvalue weighted by atomic mass is 9.98. The highest BCUT2D eigenvalue weighted by atomic mass is 32.1. The molecule has 0 unspecified atom stereocenters. The van der Waals surface area contributed by atoms with E-state index >= 15 is 0 Å². The molecule has 0 atom stereocenters. The first-order valence-electron chi connectivity index (χ1n) is 19.9. The fraction of sp³-hybridized carbons (Fsp3) is 0.0182. The molecule has 8 aromatic carbocycles. The van der Waals surface area contributed by atoms with Crippen molar-refractivity contribution in [1.29, 1.82) is 0 Å². The quantitative estimate of drug-likeness (QED) is 0.157. The maximum atomic E-state index is 6.31. The van der Waals surface area contributed by atoms with Crippen LogP contribution in [0.5, 0.6) is 0 Å². The Hall–Kier alpha value is -6.98. The van der Waals surface area contributed by atoms with Gasteiger partial charge in [0.05, 0.1) is 0 Å². The van der Waals surface area contributed by atoms with Crippen LogP contribution in [0.2, 0.25) is 0 Å². The summed E-state index contributed by atoms with van der Waals surface area (Å²) in [5, 5.41) is 9.68. The van der Waals surface area contributed by atoms with Gasteiger partial charge in [0.25, 0.3) is 0 Å². The van der Waals surface area contributed by atoms with Gasteiger partial charge in [0, 0.05) is 61.9 Å². The fourth-order valence-corrected chi connectivity index (χ4v) is 11.1. The third-order valence-corrected chi connectivity index (χ3v) is 14.1. The summed E-state index contributed by atoms with van der Waals surface area (Å²) in [5.41, 5.74) is 12.9. The van der Waals surface area contributed by atoms with Gasteiger partial charge in [-0.25, -0.2) is 0 Å². The number of hydrogen-bond donors (Lipinski definition) is 0. The normalized spacial score (nSPS) is 12.6. The van der Waals surface area contributed by atoms with Crippen molar-refractivity contribution < 1.29 is 8.83 Å². The van der Waals surface area contributed by atoms with Gasteiger partial charge >= 0.3 is 0 Å². The van der Waals surface area contributed by atoms with Crippen LogP contribution < -0.4 is 0 Å². The monoisotopic (exact) mass is 790 g/mol. The average molecular weight is 791 g/mol. The van der Waals surface area contributed by atoms with Crippen molar-refractivity contribution in [2.24, 2.45) is 0 Å².